The van der Waals surface area contributed by atoms with E-state index in [2.05, 4.69) is 18.9 Å². The maximum Gasteiger partial charge on any atom is 0.271 e. The summed E-state index contributed by atoms with van der Waals surface area (Å²) in [5.41, 5.74) is 1.43. The predicted molar refractivity (Wildman–Crippen MR) is 108 cm³/mol. The maximum atomic E-state index is 13.0. The molecule has 1 fully saturated rings. The number of aliphatic imine (C=N–C) groups is 1. The maximum absolute atomic E-state index is 13.0. The van der Waals surface area contributed by atoms with Gasteiger partial charge in [0.25, 0.3) is 5.56 Å². The number of nitrogens with zero attached hydrogens (tertiary/aromatic N) is 2. The van der Waals surface area contributed by atoms with Gasteiger partial charge in [-0.2, -0.15) is 0 Å². The summed E-state index contributed by atoms with van der Waals surface area (Å²) in [6.45, 7) is 7.08. The molecule has 0 aliphatic carbocycles. The van der Waals surface area contributed by atoms with Crippen LogP contribution in [-0.4, -0.2) is 33.8 Å². The lowest BCUT2D eigenvalue weighted by molar-refractivity contribution is -0.0705. The topological polar surface area (TPSA) is 77.8 Å². The van der Waals surface area contributed by atoms with Crippen LogP contribution in [0.3, 0.4) is 0 Å². The van der Waals surface area contributed by atoms with Crippen molar-refractivity contribution in [2.75, 3.05) is 13.4 Å². The second-order valence-electron chi connectivity index (χ2n) is 8.04. The van der Waals surface area contributed by atoms with Gasteiger partial charge in [0.15, 0.2) is 17.3 Å². The molecule has 0 spiro atoms. The van der Waals surface area contributed by atoms with Crippen LogP contribution in [0.15, 0.2) is 28.0 Å². The average Bonchev–Trinajstić information content (AvgIpc) is 3.24. The van der Waals surface area contributed by atoms with E-state index in [1.807, 2.05) is 29.8 Å². The SMILES string of the molecule is CC1=Nc2c(c(=O)[nH]n2C2CCOC(C)(C)C2)C(c2ccc3c(c2)OCO3)S1. The summed E-state index contributed by atoms with van der Waals surface area (Å²) in [5.74, 6) is 2.21. The lowest BCUT2D eigenvalue weighted by atomic mass is 9.94. The zero-order chi connectivity index (χ0) is 19.5. The highest BCUT2D eigenvalue weighted by Gasteiger charge is 2.36. The molecule has 8 heteroatoms. The van der Waals surface area contributed by atoms with E-state index >= 15 is 0 Å². The standard InChI is InChI=1S/C20H23N3O4S/c1-11-21-18-16(17(28-11)12-4-5-14-15(8-12)26-10-25-14)19(24)22-23(18)13-6-7-27-20(2,3)9-13/h4-5,8,13,17H,6-7,9-10H2,1-3H3,(H,22,24). The molecule has 0 amide bonds. The summed E-state index contributed by atoms with van der Waals surface area (Å²) < 4.78 is 18.8. The van der Waals surface area contributed by atoms with Crippen LogP contribution in [0.2, 0.25) is 0 Å². The Morgan fingerprint density at radius 1 is 1.29 bits per heavy atom. The fraction of sp³-hybridized carbons (Fsp3) is 0.500. The van der Waals surface area contributed by atoms with Gasteiger partial charge in [-0.3, -0.25) is 14.6 Å². The minimum absolute atomic E-state index is 0.0780. The van der Waals surface area contributed by atoms with Crippen LogP contribution < -0.4 is 15.0 Å². The van der Waals surface area contributed by atoms with Gasteiger partial charge in [-0.25, -0.2) is 4.99 Å². The molecule has 0 bridgehead atoms. The normalized spacial score (nSPS) is 25.3. The van der Waals surface area contributed by atoms with Gasteiger partial charge in [-0.1, -0.05) is 17.8 Å². The van der Waals surface area contributed by atoms with Gasteiger partial charge in [-0.15, -0.1) is 0 Å². The van der Waals surface area contributed by atoms with Crippen molar-refractivity contribution in [3.8, 4) is 11.5 Å². The van der Waals surface area contributed by atoms with Crippen molar-refractivity contribution in [3.63, 3.8) is 0 Å². The van der Waals surface area contributed by atoms with Gasteiger partial charge in [-0.05, 0) is 51.3 Å². The Hall–Kier alpha value is -2.19. The highest BCUT2D eigenvalue weighted by Crippen LogP contribution is 2.47. The van der Waals surface area contributed by atoms with Crippen molar-refractivity contribution in [1.82, 2.24) is 9.78 Å². The molecular formula is C20H23N3O4S. The minimum atomic E-state index is -0.212. The summed E-state index contributed by atoms with van der Waals surface area (Å²) in [7, 11) is 0. The summed E-state index contributed by atoms with van der Waals surface area (Å²) >= 11 is 1.60. The van der Waals surface area contributed by atoms with Crippen molar-refractivity contribution >= 4 is 22.6 Å². The Balaban J connectivity index is 1.58. The number of ether oxygens (including phenoxy) is 3. The summed E-state index contributed by atoms with van der Waals surface area (Å²) in [5, 5.41) is 3.88. The number of rotatable bonds is 2. The third-order valence-electron chi connectivity index (χ3n) is 5.49. The number of aromatic amines is 1. The highest BCUT2D eigenvalue weighted by molar-refractivity contribution is 8.14. The molecule has 1 saturated heterocycles. The molecule has 0 saturated carbocycles. The van der Waals surface area contributed by atoms with Crippen LogP contribution in [0, 0.1) is 0 Å². The van der Waals surface area contributed by atoms with E-state index in [0.29, 0.717) is 12.2 Å². The second-order valence-corrected chi connectivity index (χ2v) is 9.34. The van der Waals surface area contributed by atoms with Crippen molar-refractivity contribution in [3.05, 3.63) is 39.7 Å². The zero-order valence-electron chi connectivity index (χ0n) is 16.2. The van der Waals surface area contributed by atoms with Gasteiger partial charge < -0.3 is 14.2 Å². The van der Waals surface area contributed by atoms with Crippen LogP contribution >= 0.6 is 11.8 Å². The molecule has 148 valence electrons. The number of aromatic nitrogens is 2. The van der Waals surface area contributed by atoms with E-state index < -0.39 is 0 Å². The molecule has 1 aromatic carbocycles. The molecule has 7 nitrogen and oxygen atoms in total. The third kappa shape index (κ3) is 2.95. The number of H-pyrrole nitrogens is 1. The Labute approximate surface area is 167 Å². The number of thioether (sulfide) groups is 1. The van der Waals surface area contributed by atoms with E-state index in [-0.39, 0.29) is 29.2 Å². The first-order valence-electron chi connectivity index (χ1n) is 9.51. The van der Waals surface area contributed by atoms with E-state index in [9.17, 15) is 4.79 Å². The van der Waals surface area contributed by atoms with Gasteiger partial charge in [0.05, 0.1) is 27.5 Å². The van der Waals surface area contributed by atoms with Crippen LogP contribution in [-0.2, 0) is 4.74 Å². The van der Waals surface area contributed by atoms with E-state index in [0.717, 1.165) is 40.8 Å². The van der Waals surface area contributed by atoms with Crippen LogP contribution in [0.25, 0.3) is 0 Å². The summed E-state index contributed by atoms with van der Waals surface area (Å²) in [4.78, 5) is 17.7. The number of benzene rings is 1. The number of fused-ring (bicyclic) bond motifs is 2. The van der Waals surface area contributed by atoms with Crippen molar-refractivity contribution < 1.29 is 14.2 Å². The van der Waals surface area contributed by atoms with E-state index in [1.54, 1.807) is 11.8 Å². The van der Waals surface area contributed by atoms with Gasteiger partial charge >= 0.3 is 0 Å². The number of nitrogens with one attached hydrogen (secondary N) is 1. The summed E-state index contributed by atoms with van der Waals surface area (Å²) in [6.07, 6.45) is 1.69. The van der Waals surface area contributed by atoms with Gasteiger partial charge in [0, 0.05) is 6.61 Å². The number of hydrogen-bond acceptors (Lipinski definition) is 6. The lowest BCUT2D eigenvalue weighted by Gasteiger charge is -2.36. The van der Waals surface area contributed by atoms with Gasteiger partial charge in [0.2, 0.25) is 6.79 Å². The molecule has 1 aromatic heterocycles. The van der Waals surface area contributed by atoms with Crippen molar-refractivity contribution in [1.29, 1.82) is 0 Å². The van der Waals surface area contributed by atoms with Crippen LogP contribution in [0.1, 0.15) is 56.0 Å². The monoisotopic (exact) mass is 401 g/mol. The molecule has 2 atom stereocenters. The minimum Gasteiger partial charge on any atom is -0.454 e. The van der Waals surface area contributed by atoms with E-state index in [1.165, 1.54) is 0 Å². The molecule has 3 aliphatic rings. The van der Waals surface area contributed by atoms with Crippen LogP contribution in [0.5, 0.6) is 11.5 Å². The fourth-order valence-electron chi connectivity index (χ4n) is 4.20. The molecule has 0 radical (unpaired) electrons. The smallest absolute Gasteiger partial charge is 0.271 e. The first kappa shape index (κ1) is 17.9. The molecule has 28 heavy (non-hydrogen) atoms. The van der Waals surface area contributed by atoms with E-state index in [4.69, 9.17) is 19.2 Å². The molecule has 2 unspecified atom stereocenters. The van der Waals surface area contributed by atoms with Crippen molar-refractivity contribution in [2.45, 2.75) is 50.5 Å². The Morgan fingerprint density at radius 2 is 2.11 bits per heavy atom. The van der Waals surface area contributed by atoms with Crippen molar-refractivity contribution in [2.24, 2.45) is 4.99 Å². The number of hydrogen-bond donors (Lipinski definition) is 1. The lowest BCUT2D eigenvalue weighted by Crippen LogP contribution is -2.35. The molecule has 3 aliphatic heterocycles. The average molecular weight is 401 g/mol. The molecule has 2 aromatic rings. The summed E-state index contributed by atoms with van der Waals surface area (Å²) in [6, 6.07) is 6.04. The largest absolute Gasteiger partial charge is 0.454 e. The first-order chi connectivity index (χ1) is 13.4. The van der Waals surface area contributed by atoms with Crippen LogP contribution in [0.4, 0.5) is 5.82 Å². The second kappa shape index (κ2) is 6.42. The fourth-order valence-corrected chi connectivity index (χ4v) is 5.30. The zero-order valence-corrected chi connectivity index (χ0v) is 17.0. The Bertz CT molecular complexity index is 1020. The highest BCUT2D eigenvalue weighted by atomic mass is 32.2. The molecular weight excluding hydrogens is 378 g/mol. The predicted octanol–water partition coefficient (Wildman–Crippen LogP) is 3.92. The van der Waals surface area contributed by atoms with Gasteiger partial charge in [0.1, 0.15) is 0 Å². The molecule has 5 rings (SSSR count). The third-order valence-corrected chi connectivity index (χ3v) is 6.66. The molecule has 4 heterocycles. The Morgan fingerprint density at radius 3 is 2.93 bits per heavy atom. The Kier molecular flexibility index (Phi) is 4.10. The first-order valence-corrected chi connectivity index (χ1v) is 10.4. The molecule has 1 N–H and O–H groups in total. The quantitative estimate of drug-likeness (QED) is 0.825.